The molecule has 0 aliphatic carbocycles. The first-order chi connectivity index (χ1) is 17.3. The van der Waals surface area contributed by atoms with Crippen LogP contribution >= 0.6 is 0 Å². The number of benzene rings is 2. The number of aromatic nitrogens is 1. The smallest absolute Gasteiger partial charge is 0.243 e. The van der Waals surface area contributed by atoms with Crippen molar-refractivity contribution in [3.8, 4) is 0 Å². The predicted octanol–water partition coefficient (Wildman–Crippen LogP) is 5.29. The molecular weight excluding hydrogens is 453 g/mol. The molecule has 1 saturated heterocycles. The van der Waals surface area contributed by atoms with Crippen molar-refractivity contribution in [3.63, 3.8) is 0 Å². The van der Waals surface area contributed by atoms with Crippen LogP contribution in [0, 0.1) is 6.92 Å². The number of hydrogen-bond acceptors (Lipinski definition) is 3. The molecule has 4 rings (SSSR count). The lowest BCUT2D eigenvalue weighted by Gasteiger charge is -2.27. The molecular formula is C30H34FN3O2. The third-order valence-electron chi connectivity index (χ3n) is 6.95. The number of carbonyl (C=O) groups is 2. The van der Waals surface area contributed by atoms with Crippen molar-refractivity contribution in [2.24, 2.45) is 0 Å². The Morgan fingerprint density at radius 2 is 1.67 bits per heavy atom. The number of nitrogens with zero attached hydrogens (tertiary/aromatic N) is 2. The van der Waals surface area contributed by atoms with E-state index in [0.717, 1.165) is 22.4 Å². The molecule has 1 N–H and O–H groups in total. The molecule has 2 heterocycles. The topological polar surface area (TPSA) is 62.3 Å². The van der Waals surface area contributed by atoms with Gasteiger partial charge in [-0.3, -0.25) is 14.6 Å². The summed E-state index contributed by atoms with van der Waals surface area (Å²) in [6.07, 6.45) is 1.23. The molecule has 6 heteroatoms. The van der Waals surface area contributed by atoms with Crippen molar-refractivity contribution >= 4 is 11.8 Å². The summed E-state index contributed by atoms with van der Waals surface area (Å²) in [5.41, 5.74) is 4.95. The SMILES string of the molecule is Cc1ncccc1CCC(=O)N1C[C@H](F)C[C@H]1C(=O)N[C@@H](c1ccccc1)c1ccc(C(C)C)cc1. The zero-order chi connectivity index (χ0) is 25.7. The van der Waals surface area contributed by atoms with E-state index in [1.165, 1.54) is 10.5 Å². The Morgan fingerprint density at radius 1 is 1.00 bits per heavy atom. The molecule has 0 saturated carbocycles. The van der Waals surface area contributed by atoms with Crippen LogP contribution in [-0.2, 0) is 16.0 Å². The highest BCUT2D eigenvalue weighted by molar-refractivity contribution is 5.89. The van der Waals surface area contributed by atoms with Crippen LogP contribution in [0.25, 0.3) is 0 Å². The van der Waals surface area contributed by atoms with E-state index in [-0.39, 0.29) is 31.2 Å². The molecule has 36 heavy (non-hydrogen) atoms. The lowest BCUT2D eigenvalue weighted by atomic mass is 9.95. The average molecular weight is 488 g/mol. The minimum atomic E-state index is -1.22. The summed E-state index contributed by atoms with van der Waals surface area (Å²) >= 11 is 0. The van der Waals surface area contributed by atoms with E-state index in [1.54, 1.807) is 6.20 Å². The highest BCUT2D eigenvalue weighted by Gasteiger charge is 2.40. The number of nitrogens with one attached hydrogen (secondary N) is 1. The highest BCUT2D eigenvalue weighted by Crippen LogP contribution is 2.27. The van der Waals surface area contributed by atoms with Gasteiger partial charge in [-0.05, 0) is 47.6 Å². The van der Waals surface area contributed by atoms with E-state index in [4.69, 9.17) is 0 Å². The van der Waals surface area contributed by atoms with Gasteiger partial charge < -0.3 is 10.2 Å². The minimum absolute atomic E-state index is 0.0112. The first-order valence-electron chi connectivity index (χ1n) is 12.6. The second-order valence-corrected chi connectivity index (χ2v) is 9.82. The summed E-state index contributed by atoms with van der Waals surface area (Å²) in [6.45, 7) is 6.13. The molecule has 3 aromatic rings. The molecule has 0 radical (unpaired) electrons. The second-order valence-electron chi connectivity index (χ2n) is 9.82. The summed E-state index contributed by atoms with van der Waals surface area (Å²) < 4.78 is 14.5. The van der Waals surface area contributed by atoms with E-state index in [9.17, 15) is 14.0 Å². The fraction of sp³-hybridized carbons (Fsp3) is 0.367. The van der Waals surface area contributed by atoms with Crippen LogP contribution in [0.15, 0.2) is 72.9 Å². The van der Waals surface area contributed by atoms with Gasteiger partial charge in [0.1, 0.15) is 12.2 Å². The van der Waals surface area contributed by atoms with Crippen LogP contribution < -0.4 is 5.32 Å². The fourth-order valence-corrected chi connectivity index (χ4v) is 4.79. The monoisotopic (exact) mass is 487 g/mol. The lowest BCUT2D eigenvalue weighted by molar-refractivity contribution is -0.138. The zero-order valence-corrected chi connectivity index (χ0v) is 21.2. The van der Waals surface area contributed by atoms with Gasteiger partial charge in [-0.1, -0.05) is 74.5 Å². The second kappa shape index (κ2) is 11.5. The molecule has 3 atom stereocenters. The molecule has 0 spiro atoms. The Morgan fingerprint density at radius 3 is 2.33 bits per heavy atom. The van der Waals surface area contributed by atoms with Gasteiger partial charge in [0.15, 0.2) is 0 Å². The molecule has 5 nitrogen and oxygen atoms in total. The van der Waals surface area contributed by atoms with Gasteiger partial charge in [0.05, 0.1) is 12.6 Å². The number of alkyl halides is 1. The third kappa shape index (κ3) is 5.99. The van der Waals surface area contributed by atoms with Crippen LogP contribution in [-0.4, -0.2) is 40.5 Å². The summed E-state index contributed by atoms with van der Waals surface area (Å²) in [5.74, 6) is -0.141. The standard InChI is InChI=1S/C30H34FN3O2/c1-20(2)22-11-13-25(14-12-22)29(24-8-5-4-6-9-24)33-30(36)27-18-26(31)19-34(27)28(35)16-15-23-10-7-17-32-21(23)3/h4-14,17,20,26-27,29H,15-16,18-19H2,1-3H3,(H,33,36)/t26-,27+,29+/m1/s1. The number of hydrogen-bond donors (Lipinski definition) is 1. The summed E-state index contributed by atoms with van der Waals surface area (Å²) in [6, 6.07) is 20.5. The average Bonchev–Trinajstić information content (AvgIpc) is 3.29. The van der Waals surface area contributed by atoms with Gasteiger partial charge in [-0.25, -0.2) is 4.39 Å². The maximum absolute atomic E-state index is 14.5. The number of amides is 2. The van der Waals surface area contributed by atoms with Gasteiger partial charge in [0, 0.05) is 24.7 Å². The van der Waals surface area contributed by atoms with Crippen LogP contribution in [0.2, 0.25) is 0 Å². The highest BCUT2D eigenvalue weighted by atomic mass is 19.1. The number of rotatable bonds is 8. The maximum Gasteiger partial charge on any atom is 0.243 e. The van der Waals surface area contributed by atoms with Gasteiger partial charge in [0.25, 0.3) is 0 Å². The number of pyridine rings is 1. The summed E-state index contributed by atoms with van der Waals surface area (Å²) in [7, 11) is 0. The number of carbonyl (C=O) groups excluding carboxylic acids is 2. The van der Waals surface area contributed by atoms with Crippen LogP contribution in [0.1, 0.15) is 66.6 Å². The molecule has 1 fully saturated rings. The van der Waals surface area contributed by atoms with Crippen molar-refractivity contribution in [1.82, 2.24) is 15.2 Å². The maximum atomic E-state index is 14.5. The van der Waals surface area contributed by atoms with Crippen molar-refractivity contribution in [2.75, 3.05) is 6.54 Å². The molecule has 1 aliphatic rings. The minimum Gasteiger partial charge on any atom is -0.343 e. The van der Waals surface area contributed by atoms with Crippen LogP contribution in [0.4, 0.5) is 4.39 Å². The number of likely N-dealkylation sites (tertiary alicyclic amines) is 1. The Kier molecular flexibility index (Phi) is 8.14. The number of aryl methyl sites for hydroxylation is 2. The molecule has 1 aliphatic heterocycles. The van der Waals surface area contributed by atoms with E-state index in [2.05, 4.69) is 36.3 Å². The Balaban J connectivity index is 1.51. The van der Waals surface area contributed by atoms with Crippen molar-refractivity contribution < 1.29 is 14.0 Å². The summed E-state index contributed by atoms with van der Waals surface area (Å²) in [5, 5.41) is 3.12. The Bertz CT molecular complexity index is 1180. The zero-order valence-electron chi connectivity index (χ0n) is 21.2. The van der Waals surface area contributed by atoms with Crippen LogP contribution in [0.5, 0.6) is 0 Å². The first-order valence-corrected chi connectivity index (χ1v) is 12.6. The van der Waals surface area contributed by atoms with Crippen LogP contribution in [0.3, 0.4) is 0 Å². The Labute approximate surface area is 212 Å². The first kappa shape index (κ1) is 25.5. The van der Waals surface area contributed by atoms with Gasteiger partial charge in [-0.2, -0.15) is 0 Å². The largest absolute Gasteiger partial charge is 0.343 e. The molecule has 2 aromatic carbocycles. The quantitative estimate of drug-likeness (QED) is 0.470. The van der Waals surface area contributed by atoms with E-state index in [0.29, 0.717) is 12.3 Å². The Hall–Kier alpha value is -3.54. The van der Waals surface area contributed by atoms with Gasteiger partial charge >= 0.3 is 0 Å². The van der Waals surface area contributed by atoms with Gasteiger partial charge in [0.2, 0.25) is 11.8 Å². The normalized spacial score (nSPS) is 18.3. The van der Waals surface area contributed by atoms with Gasteiger partial charge in [-0.15, -0.1) is 0 Å². The van der Waals surface area contributed by atoms with Crippen molar-refractivity contribution in [1.29, 1.82) is 0 Å². The molecule has 0 bridgehead atoms. The third-order valence-corrected chi connectivity index (χ3v) is 6.95. The predicted molar refractivity (Wildman–Crippen MR) is 139 cm³/mol. The molecule has 188 valence electrons. The van der Waals surface area contributed by atoms with E-state index < -0.39 is 18.3 Å². The van der Waals surface area contributed by atoms with E-state index in [1.807, 2.05) is 61.5 Å². The molecule has 0 unspecified atom stereocenters. The molecule has 2 amide bonds. The fourth-order valence-electron chi connectivity index (χ4n) is 4.79. The van der Waals surface area contributed by atoms with E-state index >= 15 is 0 Å². The summed E-state index contributed by atoms with van der Waals surface area (Å²) in [4.78, 5) is 32.2. The number of halogens is 1. The lowest BCUT2D eigenvalue weighted by Crippen LogP contribution is -2.47. The molecule has 1 aromatic heterocycles. The van der Waals surface area contributed by atoms with Crippen molar-refractivity contribution in [2.45, 2.75) is 64.2 Å². The van der Waals surface area contributed by atoms with Crippen molar-refractivity contribution in [3.05, 3.63) is 101 Å².